The minimum absolute atomic E-state index is 0.165. The van der Waals surface area contributed by atoms with E-state index < -0.39 is 0 Å². The smallest absolute Gasteiger partial charge is 0.248 e. The van der Waals surface area contributed by atoms with Gasteiger partial charge in [-0.25, -0.2) is 0 Å². The van der Waals surface area contributed by atoms with E-state index in [4.69, 9.17) is 0 Å². The van der Waals surface area contributed by atoms with Gasteiger partial charge in [-0.05, 0) is 23.8 Å². The molecule has 2 rings (SSSR count). The summed E-state index contributed by atoms with van der Waals surface area (Å²) < 4.78 is 0. The largest absolute Gasteiger partial charge is 0.321 e. The van der Waals surface area contributed by atoms with E-state index in [1.165, 1.54) is 6.08 Å². The van der Waals surface area contributed by atoms with Crippen molar-refractivity contribution in [1.29, 1.82) is 0 Å². The standard InChI is InChI=1S/C14H12N2O/c17-14(16-13-7-4-10-15-11-13)9-8-12-5-2-1-3-6-12/h1-11H,(H,16,17)/b9-8-. The van der Waals surface area contributed by atoms with Gasteiger partial charge in [0, 0.05) is 12.3 Å². The number of hydrogen-bond donors (Lipinski definition) is 1. The molecule has 0 aliphatic rings. The molecule has 2 aromatic rings. The predicted octanol–water partition coefficient (Wildman–Crippen LogP) is 2.73. The number of hydrogen-bond acceptors (Lipinski definition) is 2. The normalized spacial score (nSPS) is 10.4. The SMILES string of the molecule is O=C(/C=C\c1ccccc1)Nc1cccnc1. The van der Waals surface area contributed by atoms with Crippen LogP contribution in [0.5, 0.6) is 0 Å². The fourth-order valence-corrected chi connectivity index (χ4v) is 1.36. The lowest BCUT2D eigenvalue weighted by Gasteiger charge is -1.99. The number of benzene rings is 1. The molecule has 0 fully saturated rings. The molecule has 1 N–H and O–H groups in total. The van der Waals surface area contributed by atoms with Crippen LogP contribution in [0.1, 0.15) is 5.56 Å². The number of carbonyl (C=O) groups excluding carboxylic acids is 1. The number of carbonyl (C=O) groups is 1. The van der Waals surface area contributed by atoms with Crippen LogP contribution >= 0.6 is 0 Å². The van der Waals surface area contributed by atoms with Crippen LogP contribution in [0, 0.1) is 0 Å². The van der Waals surface area contributed by atoms with Gasteiger partial charge in [-0.15, -0.1) is 0 Å². The lowest BCUT2D eigenvalue weighted by molar-refractivity contribution is -0.111. The van der Waals surface area contributed by atoms with Gasteiger partial charge in [-0.1, -0.05) is 30.3 Å². The second kappa shape index (κ2) is 5.61. The molecule has 0 unspecified atom stereocenters. The van der Waals surface area contributed by atoms with E-state index in [9.17, 15) is 4.79 Å². The lowest BCUT2D eigenvalue weighted by atomic mass is 10.2. The van der Waals surface area contributed by atoms with Crippen molar-refractivity contribution in [2.75, 3.05) is 5.32 Å². The van der Waals surface area contributed by atoms with Crippen LogP contribution in [0.25, 0.3) is 6.08 Å². The van der Waals surface area contributed by atoms with Gasteiger partial charge in [-0.3, -0.25) is 9.78 Å². The molecule has 3 nitrogen and oxygen atoms in total. The van der Waals surface area contributed by atoms with Gasteiger partial charge in [0.2, 0.25) is 5.91 Å². The zero-order valence-corrected chi connectivity index (χ0v) is 9.21. The lowest BCUT2D eigenvalue weighted by Crippen LogP contribution is -2.07. The van der Waals surface area contributed by atoms with E-state index in [0.717, 1.165) is 5.56 Å². The monoisotopic (exact) mass is 224 g/mol. The predicted molar refractivity (Wildman–Crippen MR) is 68.3 cm³/mol. The highest BCUT2D eigenvalue weighted by Crippen LogP contribution is 2.04. The summed E-state index contributed by atoms with van der Waals surface area (Å²) in [5.74, 6) is -0.165. The van der Waals surface area contributed by atoms with Gasteiger partial charge < -0.3 is 5.32 Å². The third-order valence-electron chi connectivity index (χ3n) is 2.16. The molecule has 0 saturated carbocycles. The number of pyridine rings is 1. The Morgan fingerprint density at radius 2 is 1.94 bits per heavy atom. The molecule has 0 aliphatic carbocycles. The number of aromatic nitrogens is 1. The molecule has 17 heavy (non-hydrogen) atoms. The van der Waals surface area contributed by atoms with Gasteiger partial charge in [-0.2, -0.15) is 0 Å². The number of amides is 1. The van der Waals surface area contributed by atoms with Crippen molar-refractivity contribution in [2.45, 2.75) is 0 Å². The molecule has 0 atom stereocenters. The highest BCUT2D eigenvalue weighted by atomic mass is 16.1. The minimum atomic E-state index is -0.165. The number of anilines is 1. The van der Waals surface area contributed by atoms with Crippen molar-refractivity contribution in [3.8, 4) is 0 Å². The Morgan fingerprint density at radius 3 is 2.65 bits per heavy atom. The molecule has 0 spiro atoms. The summed E-state index contributed by atoms with van der Waals surface area (Å²) >= 11 is 0. The fourth-order valence-electron chi connectivity index (χ4n) is 1.36. The third kappa shape index (κ3) is 3.57. The van der Waals surface area contributed by atoms with E-state index in [2.05, 4.69) is 10.3 Å². The van der Waals surface area contributed by atoms with Crippen molar-refractivity contribution in [3.05, 3.63) is 66.5 Å². The number of rotatable bonds is 3. The summed E-state index contributed by atoms with van der Waals surface area (Å²) in [7, 11) is 0. The fraction of sp³-hybridized carbons (Fsp3) is 0. The van der Waals surface area contributed by atoms with E-state index in [1.807, 2.05) is 30.3 Å². The maximum atomic E-state index is 11.6. The highest BCUT2D eigenvalue weighted by Gasteiger charge is 1.96. The van der Waals surface area contributed by atoms with Crippen LogP contribution in [0.15, 0.2) is 60.9 Å². The Morgan fingerprint density at radius 1 is 1.12 bits per heavy atom. The number of nitrogens with zero attached hydrogens (tertiary/aromatic N) is 1. The molecule has 1 amide bonds. The zero-order chi connectivity index (χ0) is 11.9. The van der Waals surface area contributed by atoms with Gasteiger partial charge in [0.25, 0.3) is 0 Å². The molecule has 1 aromatic carbocycles. The molecule has 0 aliphatic heterocycles. The molecule has 0 radical (unpaired) electrons. The summed E-state index contributed by atoms with van der Waals surface area (Å²) in [6.07, 6.45) is 6.54. The van der Waals surface area contributed by atoms with Gasteiger partial charge in [0.15, 0.2) is 0 Å². The van der Waals surface area contributed by atoms with Crippen molar-refractivity contribution in [1.82, 2.24) is 4.98 Å². The molecule has 3 heteroatoms. The quantitative estimate of drug-likeness (QED) is 0.814. The zero-order valence-electron chi connectivity index (χ0n) is 9.21. The average molecular weight is 224 g/mol. The van der Waals surface area contributed by atoms with Gasteiger partial charge in [0.1, 0.15) is 0 Å². The molecular weight excluding hydrogens is 212 g/mol. The first-order valence-electron chi connectivity index (χ1n) is 5.29. The van der Waals surface area contributed by atoms with Crippen LogP contribution in [-0.2, 0) is 4.79 Å². The molecular formula is C14H12N2O. The summed E-state index contributed by atoms with van der Waals surface area (Å²) in [6, 6.07) is 13.2. The van der Waals surface area contributed by atoms with Crippen LogP contribution < -0.4 is 5.32 Å². The van der Waals surface area contributed by atoms with Crippen molar-refractivity contribution < 1.29 is 4.79 Å². The highest BCUT2D eigenvalue weighted by molar-refractivity contribution is 6.01. The third-order valence-corrected chi connectivity index (χ3v) is 2.16. The van der Waals surface area contributed by atoms with Crippen LogP contribution in [0.3, 0.4) is 0 Å². The Balaban J connectivity index is 1.96. The van der Waals surface area contributed by atoms with Crippen LogP contribution in [0.2, 0.25) is 0 Å². The van der Waals surface area contributed by atoms with Crippen LogP contribution in [0.4, 0.5) is 5.69 Å². The maximum absolute atomic E-state index is 11.6. The molecule has 1 heterocycles. The average Bonchev–Trinajstić information content (AvgIpc) is 2.39. The van der Waals surface area contributed by atoms with E-state index in [-0.39, 0.29) is 5.91 Å². The van der Waals surface area contributed by atoms with Crippen molar-refractivity contribution in [3.63, 3.8) is 0 Å². The summed E-state index contributed by atoms with van der Waals surface area (Å²) in [5.41, 5.74) is 1.68. The number of nitrogens with one attached hydrogen (secondary N) is 1. The molecule has 0 bridgehead atoms. The first-order chi connectivity index (χ1) is 8.34. The molecule has 84 valence electrons. The molecule has 1 aromatic heterocycles. The second-order valence-electron chi connectivity index (χ2n) is 3.47. The van der Waals surface area contributed by atoms with Crippen LogP contribution in [-0.4, -0.2) is 10.9 Å². The van der Waals surface area contributed by atoms with E-state index in [0.29, 0.717) is 5.69 Å². The second-order valence-corrected chi connectivity index (χ2v) is 3.47. The van der Waals surface area contributed by atoms with Crippen molar-refractivity contribution in [2.24, 2.45) is 0 Å². The first-order valence-corrected chi connectivity index (χ1v) is 5.29. The summed E-state index contributed by atoms with van der Waals surface area (Å²) in [5, 5.41) is 2.72. The Labute approximate surface area is 99.8 Å². The van der Waals surface area contributed by atoms with E-state index in [1.54, 1.807) is 30.6 Å². The Bertz CT molecular complexity index is 506. The summed E-state index contributed by atoms with van der Waals surface area (Å²) in [4.78, 5) is 15.5. The minimum Gasteiger partial charge on any atom is -0.321 e. The Hall–Kier alpha value is -2.42. The van der Waals surface area contributed by atoms with Gasteiger partial charge in [0.05, 0.1) is 11.9 Å². The molecule has 0 saturated heterocycles. The van der Waals surface area contributed by atoms with Crippen molar-refractivity contribution >= 4 is 17.7 Å². The Kier molecular flexibility index (Phi) is 3.65. The van der Waals surface area contributed by atoms with E-state index >= 15 is 0 Å². The maximum Gasteiger partial charge on any atom is 0.248 e. The topological polar surface area (TPSA) is 42.0 Å². The summed E-state index contributed by atoms with van der Waals surface area (Å²) in [6.45, 7) is 0. The van der Waals surface area contributed by atoms with Gasteiger partial charge >= 0.3 is 0 Å². The first kappa shape index (κ1) is 11.1.